The zero-order chi connectivity index (χ0) is 12.2. The van der Waals surface area contributed by atoms with Gasteiger partial charge in [-0.05, 0) is 42.7 Å². The quantitative estimate of drug-likeness (QED) is 0.752. The van der Waals surface area contributed by atoms with E-state index in [1.807, 2.05) is 0 Å². The van der Waals surface area contributed by atoms with E-state index in [1.54, 1.807) is 11.3 Å². The van der Waals surface area contributed by atoms with Crippen LogP contribution in [0.1, 0.15) is 42.4 Å². The molecular formula is C16H22N2. The summed E-state index contributed by atoms with van der Waals surface area (Å²) in [6.45, 7) is 6.88. The summed E-state index contributed by atoms with van der Waals surface area (Å²) < 4.78 is 0. The molecule has 0 unspecified atom stereocenters. The first-order chi connectivity index (χ1) is 8.78. The SMILES string of the molecule is Cc1cc2c3c(c1)C1(CCC1)CCN3CCNC2. The maximum Gasteiger partial charge on any atom is 0.0450 e. The highest BCUT2D eigenvalue weighted by molar-refractivity contribution is 5.66. The van der Waals surface area contributed by atoms with Crippen molar-refractivity contribution in [2.75, 3.05) is 24.5 Å². The Morgan fingerprint density at radius 2 is 2.06 bits per heavy atom. The lowest BCUT2D eigenvalue weighted by molar-refractivity contribution is 0.220. The van der Waals surface area contributed by atoms with E-state index in [2.05, 4.69) is 29.3 Å². The molecule has 0 saturated heterocycles. The van der Waals surface area contributed by atoms with Crippen LogP contribution in [0.3, 0.4) is 0 Å². The van der Waals surface area contributed by atoms with Crippen LogP contribution in [0, 0.1) is 6.92 Å². The van der Waals surface area contributed by atoms with Gasteiger partial charge in [0.1, 0.15) is 0 Å². The molecule has 1 aromatic rings. The Morgan fingerprint density at radius 1 is 1.17 bits per heavy atom. The van der Waals surface area contributed by atoms with Gasteiger partial charge in [0.15, 0.2) is 0 Å². The van der Waals surface area contributed by atoms with E-state index in [9.17, 15) is 0 Å². The van der Waals surface area contributed by atoms with Gasteiger partial charge in [0.2, 0.25) is 0 Å². The van der Waals surface area contributed by atoms with Gasteiger partial charge in [0.25, 0.3) is 0 Å². The van der Waals surface area contributed by atoms with E-state index in [0.717, 1.165) is 13.1 Å². The minimum atomic E-state index is 0.553. The Hall–Kier alpha value is -1.02. The fourth-order valence-electron chi connectivity index (χ4n) is 4.15. The fraction of sp³-hybridized carbons (Fsp3) is 0.625. The number of rotatable bonds is 0. The molecule has 0 atom stereocenters. The number of aryl methyl sites for hydroxylation is 1. The Bertz CT molecular complexity index is 488. The van der Waals surface area contributed by atoms with E-state index in [1.165, 1.54) is 49.9 Å². The van der Waals surface area contributed by atoms with Gasteiger partial charge < -0.3 is 10.2 Å². The summed E-state index contributed by atoms with van der Waals surface area (Å²) in [5, 5.41) is 3.57. The van der Waals surface area contributed by atoms with Crippen molar-refractivity contribution in [2.45, 2.75) is 44.6 Å². The first kappa shape index (κ1) is 10.9. The molecule has 2 heterocycles. The predicted molar refractivity (Wildman–Crippen MR) is 75.2 cm³/mol. The smallest absolute Gasteiger partial charge is 0.0450 e. The molecule has 2 heteroatoms. The van der Waals surface area contributed by atoms with Crippen LogP contribution in [0.15, 0.2) is 12.1 Å². The van der Waals surface area contributed by atoms with Crippen molar-refractivity contribution in [3.05, 3.63) is 28.8 Å². The van der Waals surface area contributed by atoms with Gasteiger partial charge in [-0.25, -0.2) is 0 Å². The highest BCUT2D eigenvalue weighted by atomic mass is 15.2. The number of hydrogen-bond donors (Lipinski definition) is 1. The molecule has 2 nitrogen and oxygen atoms in total. The minimum Gasteiger partial charge on any atom is -0.370 e. The van der Waals surface area contributed by atoms with Crippen molar-refractivity contribution >= 4 is 5.69 Å². The van der Waals surface area contributed by atoms with Crippen molar-refractivity contribution < 1.29 is 0 Å². The van der Waals surface area contributed by atoms with Crippen LogP contribution in [0.25, 0.3) is 0 Å². The first-order valence-corrected chi connectivity index (χ1v) is 7.38. The van der Waals surface area contributed by atoms with Crippen molar-refractivity contribution in [1.29, 1.82) is 0 Å². The summed E-state index contributed by atoms with van der Waals surface area (Å²) in [5.74, 6) is 0. The van der Waals surface area contributed by atoms with Crippen LogP contribution >= 0.6 is 0 Å². The van der Waals surface area contributed by atoms with E-state index >= 15 is 0 Å². The maximum atomic E-state index is 3.57. The molecule has 1 spiro atoms. The van der Waals surface area contributed by atoms with Crippen LogP contribution < -0.4 is 10.2 Å². The van der Waals surface area contributed by atoms with Crippen LogP contribution in [-0.2, 0) is 12.0 Å². The monoisotopic (exact) mass is 242 g/mol. The van der Waals surface area contributed by atoms with E-state index in [4.69, 9.17) is 0 Å². The standard InChI is InChI=1S/C16H22N2/c1-12-9-13-11-17-6-8-18-7-5-16(3-2-4-16)14(10-12)15(13)18/h9-10,17H,2-8,11H2,1H3. The van der Waals surface area contributed by atoms with Crippen molar-refractivity contribution in [2.24, 2.45) is 0 Å². The molecule has 1 aliphatic carbocycles. The van der Waals surface area contributed by atoms with E-state index in [-0.39, 0.29) is 0 Å². The van der Waals surface area contributed by atoms with Gasteiger partial charge >= 0.3 is 0 Å². The number of nitrogens with one attached hydrogen (secondary N) is 1. The van der Waals surface area contributed by atoms with Gasteiger partial charge in [0, 0.05) is 31.9 Å². The van der Waals surface area contributed by atoms with E-state index < -0.39 is 0 Å². The van der Waals surface area contributed by atoms with Crippen LogP contribution in [-0.4, -0.2) is 19.6 Å². The van der Waals surface area contributed by atoms with Crippen molar-refractivity contribution in [3.8, 4) is 0 Å². The number of nitrogens with zero attached hydrogens (tertiary/aromatic N) is 1. The summed E-state index contributed by atoms with van der Waals surface area (Å²) in [6.07, 6.45) is 5.65. The summed E-state index contributed by atoms with van der Waals surface area (Å²) in [7, 11) is 0. The third-order valence-electron chi connectivity index (χ3n) is 5.27. The molecule has 3 aliphatic rings. The second-order valence-electron chi connectivity index (χ2n) is 6.37. The highest BCUT2D eigenvalue weighted by Crippen LogP contribution is 2.53. The summed E-state index contributed by atoms with van der Waals surface area (Å²) in [4.78, 5) is 2.63. The van der Waals surface area contributed by atoms with Crippen LogP contribution in [0.2, 0.25) is 0 Å². The molecule has 0 amide bonds. The third kappa shape index (κ3) is 1.38. The lowest BCUT2D eigenvalue weighted by Crippen LogP contribution is -2.45. The molecule has 0 radical (unpaired) electrons. The Balaban J connectivity index is 1.93. The van der Waals surface area contributed by atoms with Crippen LogP contribution in [0.5, 0.6) is 0 Å². The average molecular weight is 242 g/mol. The van der Waals surface area contributed by atoms with Crippen molar-refractivity contribution in [3.63, 3.8) is 0 Å². The molecule has 0 bridgehead atoms. The summed E-state index contributed by atoms with van der Waals surface area (Å²) in [6, 6.07) is 4.87. The van der Waals surface area contributed by atoms with E-state index in [0.29, 0.717) is 5.41 Å². The molecule has 1 N–H and O–H groups in total. The topological polar surface area (TPSA) is 15.3 Å². The normalized spacial score (nSPS) is 24.4. The molecule has 4 rings (SSSR count). The second-order valence-corrected chi connectivity index (χ2v) is 6.37. The maximum absolute atomic E-state index is 3.57. The number of anilines is 1. The average Bonchev–Trinajstić information content (AvgIpc) is 2.51. The van der Waals surface area contributed by atoms with Crippen LogP contribution in [0.4, 0.5) is 5.69 Å². The van der Waals surface area contributed by atoms with Gasteiger partial charge in [0.05, 0.1) is 0 Å². The Labute approximate surface area is 109 Å². The molecule has 1 aromatic carbocycles. The molecule has 0 aromatic heterocycles. The Morgan fingerprint density at radius 3 is 2.83 bits per heavy atom. The molecule has 1 saturated carbocycles. The zero-order valence-corrected chi connectivity index (χ0v) is 11.3. The summed E-state index contributed by atoms with van der Waals surface area (Å²) in [5.41, 5.74) is 6.81. The fourth-order valence-corrected chi connectivity index (χ4v) is 4.15. The second kappa shape index (κ2) is 3.74. The largest absolute Gasteiger partial charge is 0.370 e. The minimum absolute atomic E-state index is 0.553. The lowest BCUT2D eigenvalue weighted by atomic mass is 9.60. The third-order valence-corrected chi connectivity index (χ3v) is 5.27. The molecule has 96 valence electrons. The molecule has 2 aliphatic heterocycles. The lowest BCUT2D eigenvalue weighted by Gasteiger charge is -2.50. The van der Waals surface area contributed by atoms with Crippen molar-refractivity contribution in [1.82, 2.24) is 5.32 Å². The van der Waals surface area contributed by atoms with Gasteiger partial charge in [-0.2, -0.15) is 0 Å². The van der Waals surface area contributed by atoms with Gasteiger partial charge in [-0.1, -0.05) is 24.1 Å². The highest BCUT2D eigenvalue weighted by Gasteiger charge is 2.44. The van der Waals surface area contributed by atoms with Gasteiger partial charge in [-0.15, -0.1) is 0 Å². The number of hydrogen-bond acceptors (Lipinski definition) is 2. The number of benzene rings is 1. The Kier molecular flexibility index (Phi) is 2.25. The predicted octanol–water partition coefficient (Wildman–Crippen LogP) is 2.73. The zero-order valence-electron chi connectivity index (χ0n) is 11.3. The molecule has 1 fully saturated rings. The molecule has 18 heavy (non-hydrogen) atoms. The number of fused-ring (bicyclic) bond motifs is 1. The molecular weight excluding hydrogens is 220 g/mol. The summed E-state index contributed by atoms with van der Waals surface area (Å²) >= 11 is 0. The van der Waals surface area contributed by atoms with Gasteiger partial charge in [-0.3, -0.25) is 0 Å². The first-order valence-electron chi connectivity index (χ1n) is 7.38.